The molecule has 1 heterocycles. The largest absolute Gasteiger partial charge is 0.394 e. The second-order valence-corrected chi connectivity index (χ2v) is 4.71. The van der Waals surface area contributed by atoms with E-state index in [4.69, 9.17) is 9.84 Å². The summed E-state index contributed by atoms with van der Waals surface area (Å²) in [6.07, 6.45) is 2.15. The smallest absolute Gasteiger partial charge is 0.236 e. The minimum Gasteiger partial charge on any atom is -0.394 e. The molecule has 5 heteroatoms. The van der Waals surface area contributed by atoms with Crippen molar-refractivity contribution in [2.75, 3.05) is 26.2 Å². The quantitative estimate of drug-likeness (QED) is 0.671. The molecule has 0 radical (unpaired) electrons. The summed E-state index contributed by atoms with van der Waals surface area (Å²) in [5, 5.41) is 12.3. The van der Waals surface area contributed by atoms with Gasteiger partial charge >= 0.3 is 0 Å². The fourth-order valence-corrected chi connectivity index (χ4v) is 1.98. The first-order valence-corrected chi connectivity index (χ1v) is 5.96. The van der Waals surface area contributed by atoms with Crippen molar-refractivity contribution in [2.24, 2.45) is 0 Å². The highest BCUT2D eigenvalue weighted by Crippen LogP contribution is 2.18. The molecule has 2 rings (SSSR count). The first kappa shape index (κ1) is 11.8. The summed E-state index contributed by atoms with van der Waals surface area (Å²) in [7, 11) is 0. The summed E-state index contributed by atoms with van der Waals surface area (Å²) in [5.41, 5.74) is 0. The van der Waals surface area contributed by atoms with Crippen LogP contribution >= 0.6 is 0 Å². The summed E-state index contributed by atoms with van der Waals surface area (Å²) in [6, 6.07) is 0.552. The van der Waals surface area contributed by atoms with Crippen molar-refractivity contribution < 1.29 is 14.6 Å². The standard InChI is InChI=1S/C11H20N2O3/c1-8-5-13(6-10(7-14)16-8)11(15)4-12-9-2-3-9/h8-10,12,14H,2-7H2,1H3. The molecule has 2 aliphatic rings. The lowest BCUT2D eigenvalue weighted by atomic mass is 10.2. The Morgan fingerprint density at radius 2 is 2.25 bits per heavy atom. The Kier molecular flexibility index (Phi) is 3.78. The van der Waals surface area contributed by atoms with Crippen LogP contribution in [0, 0.1) is 0 Å². The molecule has 16 heavy (non-hydrogen) atoms. The molecule has 5 nitrogen and oxygen atoms in total. The van der Waals surface area contributed by atoms with Gasteiger partial charge in [0.25, 0.3) is 0 Å². The van der Waals surface area contributed by atoms with Crippen LogP contribution in [0.5, 0.6) is 0 Å². The van der Waals surface area contributed by atoms with Crippen LogP contribution in [0.3, 0.4) is 0 Å². The van der Waals surface area contributed by atoms with E-state index in [0.717, 1.165) is 0 Å². The Balaban J connectivity index is 1.79. The zero-order chi connectivity index (χ0) is 11.5. The topological polar surface area (TPSA) is 61.8 Å². The molecule has 1 saturated carbocycles. The van der Waals surface area contributed by atoms with Crippen LogP contribution in [0.1, 0.15) is 19.8 Å². The van der Waals surface area contributed by atoms with E-state index < -0.39 is 0 Å². The van der Waals surface area contributed by atoms with E-state index in [-0.39, 0.29) is 24.7 Å². The highest BCUT2D eigenvalue weighted by atomic mass is 16.5. The number of hydrogen-bond acceptors (Lipinski definition) is 4. The molecule has 2 unspecified atom stereocenters. The number of amides is 1. The van der Waals surface area contributed by atoms with Crippen molar-refractivity contribution >= 4 is 5.91 Å². The third-order valence-electron chi connectivity index (χ3n) is 3.00. The predicted molar refractivity (Wildman–Crippen MR) is 59.0 cm³/mol. The van der Waals surface area contributed by atoms with Gasteiger partial charge in [0.05, 0.1) is 25.4 Å². The van der Waals surface area contributed by atoms with Gasteiger partial charge in [0.2, 0.25) is 5.91 Å². The Labute approximate surface area is 95.8 Å². The second kappa shape index (κ2) is 5.12. The van der Waals surface area contributed by atoms with Crippen LogP contribution in [0.25, 0.3) is 0 Å². The number of carbonyl (C=O) groups excluding carboxylic acids is 1. The number of aliphatic hydroxyl groups excluding tert-OH is 1. The van der Waals surface area contributed by atoms with E-state index in [9.17, 15) is 4.79 Å². The molecular formula is C11H20N2O3. The summed E-state index contributed by atoms with van der Waals surface area (Å²) in [5.74, 6) is 0.112. The lowest BCUT2D eigenvalue weighted by Gasteiger charge is -2.36. The van der Waals surface area contributed by atoms with Gasteiger partial charge in [0.15, 0.2) is 0 Å². The maximum atomic E-state index is 11.9. The molecule has 1 aliphatic carbocycles. The van der Waals surface area contributed by atoms with Crippen molar-refractivity contribution in [3.63, 3.8) is 0 Å². The lowest BCUT2D eigenvalue weighted by molar-refractivity contribution is -0.146. The van der Waals surface area contributed by atoms with Crippen LogP contribution in [-0.2, 0) is 9.53 Å². The molecule has 2 atom stereocenters. The van der Waals surface area contributed by atoms with Gasteiger partial charge in [0, 0.05) is 19.1 Å². The van der Waals surface area contributed by atoms with Gasteiger partial charge in [-0.25, -0.2) is 0 Å². The SMILES string of the molecule is CC1CN(C(=O)CNC2CC2)CC(CO)O1. The molecule has 1 amide bonds. The van der Waals surface area contributed by atoms with Crippen LogP contribution in [-0.4, -0.2) is 60.4 Å². The van der Waals surface area contributed by atoms with E-state index >= 15 is 0 Å². The molecule has 2 fully saturated rings. The van der Waals surface area contributed by atoms with Crippen molar-refractivity contribution in [1.29, 1.82) is 0 Å². The van der Waals surface area contributed by atoms with Gasteiger partial charge in [-0.1, -0.05) is 0 Å². The van der Waals surface area contributed by atoms with Gasteiger partial charge in [0.1, 0.15) is 0 Å². The molecule has 1 saturated heterocycles. The Hall–Kier alpha value is -0.650. The summed E-state index contributed by atoms with van der Waals surface area (Å²) < 4.78 is 5.49. The number of carbonyl (C=O) groups is 1. The molecule has 0 bridgehead atoms. The number of aliphatic hydroxyl groups is 1. The van der Waals surface area contributed by atoms with Crippen LogP contribution < -0.4 is 5.32 Å². The fraction of sp³-hybridized carbons (Fsp3) is 0.909. The van der Waals surface area contributed by atoms with E-state index in [0.29, 0.717) is 25.7 Å². The zero-order valence-corrected chi connectivity index (χ0v) is 9.69. The van der Waals surface area contributed by atoms with Crippen molar-refractivity contribution in [3.05, 3.63) is 0 Å². The number of nitrogens with one attached hydrogen (secondary N) is 1. The number of nitrogens with zero attached hydrogens (tertiary/aromatic N) is 1. The summed E-state index contributed by atoms with van der Waals surface area (Å²) >= 11 is 0. The Bertz CT molecular complexity index is 256. The third-order valence-corrected chi connectivity index (χ3v) is 3.00. The van der Waals surface area contributed by atoms with Crippen molar-refractivity contribution in [3.8, 4) is 0 Å². The van der Waals surface area contributed by atoms with Gasteiger partial charge in [-0.3, -0.25) is 4.79 Å². The van der Waals surface area contributed by atoms with E-state index in [1.807, 2.05) is 6.92 Å². The number of morpholine rings is 1. The minimum absolute atomic E-state index is 0.00998. The lowest BCUT2D eigenvalue weighted by Crippen LogP contribution is -2.52. The normalized spacial score (nSPS) is 30.5. The predicted octanol–water partition coefficient (Wildman–Crippen LogP) is -0.653. The van der Waals surface area contributed by atoms with Gasteiger partial charge in [-0.2, -0.15) is 0 Å². The molecule has 2 N–H and O–H groups in total. The second-order valence-electron chi connectivity index (χ2n) is 4.71. The molecule has 1 aliphatic heterocycles. The van der Waals surface area contributed by atoms with Crippen LogP contribution in [0.15, 0.2) is 0 Å². The molecule has 92 valence electrons. The Morgan fingerprint density at radius 1 is 1.50 bits per heavy atom. The van der Waals surface area contributed by atoms with Gasteiger partial charge < -0.3 is 20.1 Å². The number of hydrogen-bond donors (Lipinski definition) is 2. The van der Waals surface area contributed by atoms with E-state index in [1.54, 1.807) is 4.90 Å². The minimum atomic E-state index is -0.228. The Morgan fingerprint density at radius 3 is 2.88 bits per heavy atom. The van der Waals surface area contributed by atoms with Crippen molar-refractivity contribution in [2.45, 2.75) is 38.0 Å². The summed E-state index contributed by atoms with van der Waals surface area (Å²) in [4.78, 5) is 13.6. The first-order chi connectivity index (χ1) is 7.69. The first-order valence-electron chi connectivity index (χ1n) is 5.96. The zero-order valence-electron chi connectivity index (χ0n) is 9.69. The monoisotopic (exact) mass is 228 g/mol. The third kappa shape index (κ3) is 3.17. The van der Waals surface area contributed by atoms with Gasteiger partial charge in [-0.05, 0) is 19.8 Å². The molecule has 0 aromatic carbocycles. The van der Waals surface area contributed by atoms with E-state index in [1.165, 1.54) is 12.8 Å². The van der Waals surface area contributed by atoms with Crippen molar-refractivity contribution in [1.82, 2.24) is 10.2 Å². The average molecular weight is 228 g/mol. The molecule has 0 aromatic rings. The fourth-order valence-electron chi connectivity index (χ4n) is 1.98. The molecular weight excluding hydrogens is 208 g/mol. The maximum Gasteiger partial charge on any atom is 0.236 e. The number of ether oxygens (including phenoxy) is 1. The maximum absolute atomic E-state index is 11.9. The van der Waals surface area contributed by atoms with Crippen LogP contribution in [0.4, 0.5) is 0 Å². The van der Waals surface area contributed by atoms with Crippen LogP contribution in [0.2, 0.25) is 0 Å². The highest BCUT2D eigenvalue weighted by molar-refractivity contribution is 5.78. The molecule has 0 spiro atoms. The average Bonchev–Trinajstić information content (AvgIpc) is 3.08. The number of rotatable bonds is 4. The molecule has 0 aromatic heterocycles. The van der Waals surface area contributed by atoms with Gasteiger partial charge in [-0.15, -0.1) is 0 Å². The van der Waals surface area contributed by atoms with E-state index in [2.05, 4.69) is 5.32 Å². The highest BCUT2D eigenvalue weighted by Gasteiger charge is 2.29. The summed E-state index contributed by atoms with van der Waals surface area (Å²) in [6.45, 7) is 3.45.